The average molecular weight is 286 g/mol. The Kier molecular flexibility index (Phi) is 4.63. The maximum Gasteiger partial charge on any atom is 0.240 e. The number of halogens is 1. The van der Waals surface area contributed by atoms with Crippen LogP contribution in [0.4, 0.5) is 4.39 Å². The van der Waals surface area contributed by atoms with Gasteiger partial charge >= 0.3 is 0 Å². The third kappa shape index (κ3) is 3.99. The van der Waals surface area contributed by atoms with Crippen molar-refractivity contribution in [3.63, 3.8) is 0 Å². The molecule has 0 aliphatic rings. The molecule has 1 aromatic rings. The lowest BCUT2D eigenvalue weighted by Crippen LogP contribution is -2.40. The Morgan fingerprint density at radius 1 is 1.53 bits per heavy atom. The number of sulfonamides is 1. The van der Waals surface area contributed by atoms with E-state index in [9.17, 15) is 17.9 Å². The summed E-state index contributed by atoms with van der Waals surface area (Å²) in [5.41, 5.74) is -1.50. The highest BCUT2D eigenvalue weighted by Gasteiger charge is 2.23. The molecule has 0 heterocycles. The number of nitrogens with one attached hydrogen (secondary N) is 1. The number of rotatable bonds is 5. The van der Waals surface area contributed by atoms with Crippen LogP contribution in [0.3, 0.4) is 0 Å². The summed E-state index contributed by atoms with van der Waals surface area (Å²) >= 11 is 0. The standard InChI is InChI=1S/C12H15FN2O3S/c1-3-12(2,16)8-15-19(17,18)10-4-5-11(13)9(6-10)7-14/h4-6,15-16H,3,8H2,1-2H3. The van der Waals surface area contributed by atoms with Crippen LogP contribution in [0.5, 0.6) is 0 Å². The van der Waals surface area contributed by atoms with Gasteiger partial charge in [0.05, 0.1) is 16.1 Å². The molecule has 1 atom stereocenters. The highest BCUT2D eigenvalue weighted by Crippen LogP contribution is 2.15. The van der Waals surface area contributed by atoms with Crippen LogP contribution in [0.15, 0.2) is 23.1 Å². The molecule has 1 rings (SSSR count). The number of aliphatic hydroxyl groups is 1. The summed E-state index contributed by atoms with van der Waals surface area (Å²) in [6.45, 7) is 3.06. The maximum atomic E-state index is 13.1. The normalized spacial score (nSPS) is 14.7. The van der Waals surface area contributed by atoms with Crippen molar-refractivity contribution >= 4 is 10.0 Å². The zero-order chi connectivity index (χ0) is 14.7. The van der Waals surface area contributed by atoms with E-state index in [0.29, 0.717) is 6.42 Å². The zero-order valence-corrected chi connectivity index (χ0v) is 11.5. The second-order valence-corrected chi connectivity index (χ2v) is 6.20. The summed E-state index contributed by atoms with van der Waals surface area (Å²) in [4.78, 5) is -0.211. The number of hydrogen-bond acceptors (Lipinski definition) is 4. The third-order valence-corrected chi connectivity index (χ3v) is 4.17. The molecule has 19 heavy (non-hydrogen) atoms. The van der Waals surface area contributed by atoms with Crippen LogP contribution in [0.1, 0.15) is 25.8 Å². The molecule has 1 aromatic carbocycles. The maximum absolute atomic E-state index is 13.1. The molecule has 0 spiro atoms. The molecule has 2 N–H and O–H groups in total. The van der Waals surface area contributed by atoms with Crippen LogP contribution in [-0.4, -0.2) is 25.7 Å². The Morgan fingerprint density at radius 2 is 2.16 bits per heavy atom. The van der Waals surface area contributed by atoms with E-state index in [1.165, 1.54) is 6.92 Å². The number of hydrogen-bond donors (Lipinski definition) is 2. The van der Waals surface area contributed by atoms with E-state index in [1.54, 1.807) is 13.0 Å². The predicted octanol–water partition coefficient (Wildman–Crippen LogP) is 1.14. The van der Waals surface area contributed by atoms with Gasteiger partial charge in [0.1, 0.15) is 11.9 Å². The van der Waals surface area contributed by atoms with Gasteiger partial charge < -0.3 is 5.11 Å². The summed E-state index contributed by atoms with van der Waals surface area (Å²) in [6.07, 6.45) is 0.377. The Balaban J connectivity index is 2.99. The molecule has 5 nitrogen and oxygen atoms in total. The molecular formula is C12H15FN2O3S. The average Bonchev–Trinajstić information content (AvgIpc) is 2.37. The lowest BCUT2D eigenvalue weighted by atomic mass is 10.1. The topological polar surface area (TPSA) is 90.2 Å². The fraction of sp³-hybridized carbons (Fsp3) is 0.417. The predicted molar refractivity (Wildman–Crippen MR) is 67.2 cm³/mol. The molecule has 0 aliphatic heterocycles. The molecule has 1 unspecified atom stereocenters. The van der Waals surface area contributed by atoms with Crippen molar-refractivity contribution < 1.29 is 17.9 Å². The third-order valence-electron chi connectivity index (χ3n) is 2.77. The Morgan fingerprint density at radius 3 is 2.68 bits per heavy atom. The molecule has 7 heteroatoms. The van der Waals surface area contributed by atoms with E-state index in [4.69, 9.17) is 5.26 Å². The first-order chi connectivity index (χ1) is 8.72. The van der Waals surface area contributed by atoms with Crippen molar-refractivity contribution in [1.29, 1.82) is 5.26 Å². The van der Waals surface area contributed by atoms with E-state index < -0.39 is 21.4 Å². The van der Waals surface area contributed by atoms with Gasteiger partial charge in [-0.15, -0.1) is 0 Å². The fourth-order valence-corrected chi connectivity index (χ4v) is 2.40. The summed E-state index contributed by atoms with van der Waals surface area (Å²) in [6, 6.07) is 4.52. The molecule has 0 aliphatic carbocycles. The zero-order valence-electron chi connectivity index (χ0n) is 10.6. The minimum atomic E-state index is -3.88. The van der Waals surface area contributed by atoms with Gasteiger partial charge in [-0.2, -0.15) is 5.26 Å². The van der Waals surface area contributed by atoms with Crippen molar-refractivity contribution in [2.75, 3.05) is 6.54 Å². The van der Waals surface area contributed by atoms with Crippen LogP contribution >= 0.6 is 0 Å². The second kappa shape index (κ2) is 5.65. The summed E-state index contributed by atoms with van der Waals surface area (Å²) < 4.78 is 39.2. The molecule has 0 bridgehead atoms. The first-order valence-corrected chi connectivity index (χ1v) is 7.12. The van der Waals surface area contributed by atoms with E-state index >= 15 is 0 Å². The monoisotopic (exact) mass is 286 g/mol. The van der Waals surface area contributed by atoms with Crippen LogP contribution < -0.4 is 4.72 Å². The second-order valence-electron chi connectivity index (χ2n) is 4.43. The van der Waals surface area contributed by atoms with Crippen LogP contribution in [0.2, 0.25) is 0 Å². The fourth-order valence-electron chi connectivity index (χ4n) is 1.22. The largest absolute Gasteiger partial charge is 0.389 e. The molecular weight excluding hydrogens is 271 g/mol. The van der Waals surface area contributed by atoms with Gasteiger partial charge in [0, 0.05) is 6.54 Å². The van der Waals surface area contributed by atoms with E-state index in [2.05, 4.69) is 4.72 Å². The van der Waals surface area contributed by atoms with Crippen molar-refractivity contribution in [2.45, 2.75) is 30.8 Å². The minimum Gasteiger partial charge on any atom is -0.389 e. The first kappa shape index (κ1) is 15.6. The molecule has 0 radical (unpaired) electrons. The summed E-state index contributed by atoms with van der Waals surface area (Å²) in [7, 11) is -3.88. The van der Waals surface area contributed by atoms with Crippen LogP contribution in [0, 0.1) is 17.1 Å². The SMILES string of the molecule is CCC(C)(O)CNS(=O)(=O)c1ccc(F)c(C#N)c1. The van der Waals surface area contributed by atoms with Gasteiger partial charge in [0.15, 0.2) is 0 Å². The minimum absolute atomic E-state index is 0.162. The number of nitrogens with zero attached hydrogens (tertiary/aromatic N) is 1. The van der Waals surface area contributed by atoms with Gasteiger partial charge in [0.2, 0.25) is 10.0 Å². The first-order valence-electron chi connectivity index (χ1n) is 5.63. The smallest absolute Gasteiger partial charge is 0.240 e. The summed E-state index contributed by atoms with van der Waals surface area (Å²) in [5, 5.41) is 18.4. The van der Waals surface area contributed by atoms with Crippen molar-refractivity contribution in [2.24, 2.45) is 0 Å². The Bertz CT molecular complexity index is 606. The van der Waals surface area contributed by atoms with Gasteiger partial charge in [0.25, 0.3) is 0 Å². The van der Waals surface area contributed by atoms with E-state index in [-0.39, 0.29) is 17.0 Å². The molecule has 0 fully saturated rings. The quantitative estimate of drug-likeness (QED) is 0.849. The van der Waals surface area contributed by atoms with E-state index in [1.807, 2.05) is 0 Å². The van der Waals surface area contributed by atoms with Gasteiger partial charge in [-0.1, -0.05) is 6.92 Å². The molecule has 0 saturated heterocycles. The highest BCUT2D eigenvalue weighted by molar-refractivity contribution is 7.89. The number of benzene rings is 1. The highest BCUT2D eigenvalue weighted by atomic mass is 32.2. The van der Waals surface area contributed by atoms with Crippen LogP contribution in [-0.2, 0) is 10.0 Å². The summed E-state index contributed by atoms with van der Waals surface area (Å²) in [5.74, 6) is -0.776. The molecule has 104 valence electrons. The van der Waals surface area contributed by atoms with Crippen molar-refractivity contribution in [3.05, 3.63) is 29.6 Å². The van der Waals surface area contributed by atoms with E-state index in [0.717, 1.165) is 18.2 Å². The molecule has 0 saturated carbocycles. The van der Waals surface area contributed by atoms with Crippen molar-refractivity contribution in [1.82, 2.24) is 4.72 Å². The van der Waals surface area contributed by atoms with Crippen LogP contribution in [0.25, 0.3) is 0 Å². The van der Waals surface area contributed by atoms with Crippen molar-refractivity contribution in [3.8, 4) is 6.07 Å². The Labute approximate surface area is 111 Å². The lowest BCUT2D eigenvalue weighted by Gasteiger charge is -2.21. The van der Waals surface area contributed by atoms with Gasteiger partial charge in [-0.05, 0) is 31.5 Å². The molecule has 0 amide bonds. The lowest BCUT2D eigenvalue weighted by molar-refractivity contribution is 0.0613. The van der Waals surface area contributed by atoms with Gasteiger partial charge in [-0.25, -0.2) is 17.5 Å². The molecule has 0 aromatic heterocycles. The van der Waals surface area contributed by atoms with Gasteiger partial charge in [-0.3, -0.25) is 0 Å². The Hall–Kier alpha value is -1.49. The number of nitriles is 1.